The van der Waals surface area contributed by atoms with Crippen molar-refractivity contribution in [2.45, 2.75) is 19.9 Å². The van der Waals surface area contributed by atoms with Crippen LogP contribution in [-0.4, -0.2) is 46.5 Å². The Kier molecular flexibility index (Phi) is 4.67. The van der Waals surface area contributed by atoms with Crippen LogP contribution < -0.4 is 5.73 Å². The summed E-state index contributed by atoms with van der Waals surface area (Å²) in [6, 6.07) is 5.61. The maximum Gasteiger partial charge on any atom is 0.267 e. The number of pyridine rings is 1. The van der Waals surface area contributed by atoms with Crippen molar-refractivity contribution in [3.05, 3.63) is 42.0 Å². The van der Waals surface area contributed by atoms with Crippen molar-refractivity contribution in [1.82, 2.24) is 28.9 Å². The zero-order valence-corrected chi connectivity index (χ0v) is 16.6. The van der Waals surface area contributed by atoms with Gasteiger partial charge >= 0.3 is 0 Å². The topological polar surface area (TPSA) is 117 Å². The van der Waals surface area contributed by atoms with Crippen LogP contribution in [0.3, 0.4) is 0 Å². The van der Waals surface area contributed by atoms with Crippen LogP contribution in [0.1, 0.15) is 22.6 Å². The molecule has 0 fully saturated rings. The predicted molar refractivity (Wildman–Crippen MR) is 109 cm³/mol. The van der Waals surface area contributed by atoms with E-state index in [1.165, 1.54) is 0 Å². The van der Waals surface area contributed by atoms with Crippen molar-refractivity contribution in [2.75, 3.05) is 6.61 Å². The van der Waals surface area contributed by atoms with Gasteiger partial charge in [-0.2, -0.15) is 5.10 Å². The number of carbonyl (C=O) groups excluding carboxylic acids is 1. The van der Waals surface area contributed by atoms with Crippen molar-refractivity contribution >= 4 is 16.8 Å². The first-order valence-corrected chi connectivity index (χ1v) is 9.34. The molecule has 9 nitrogen and oxygen atoms in total. The quantitative estimate of drug-likeness (QED) is 0.516. The molecule has 0 saturated carbocycles. The molecule has 29 heavy (non-hydrogen) atoms. The lowest BCUT2D eigenvalue weighted by atomic mass is 10.2. The SMILES string of the molecule is Cc1cc(-c2cn(C)c(-c3nc(C(N)=O)cc4c3ccn4C)n2)n(CCCO)n1. The van der Waals surface area contributed by atoms with E-state index < -0.39 is 5.91 Å². The Morgan fingerprint density at radius 3 is 2.72 bits per heavy atom. The molecule has 0 unspecified atom stereocenters. The summed E-state index contributed by atoms with van der Waals surface area (Å²) in [4.78, 5) is 21.1. The zero-order valence-electron chi connectivity index (χ0n) is 16.6. The molecule has 4 aromatic rings. The van der Waals surface area contributed by atoms with Gasteiger partial charge in [-0.15, -0.1) is 0 Å². The second-order valence-electron chi connectivity index (χ2n) is 7.11. The monoisotopic (exact) mass is 393 g/mol. The average Bonchev–Trinajstić information content (AvgIpc) is 3.36. The van der Waals surface area contributed by atoms with Crippen LogP contribution in [0.15, 0.2) is 30.6 Å². The molecule has 0 spiro atoms. The highest BCUT2D eigenvalue weighted by Gasteiger charge is 2.19. The number of carbonyl (C=O) groups is 1. The number of rotatable bonds is 6. The van der Waals surface area contributed by atoms with E-state index >= 15 is 0 Å². The van der Waals surface area contributed by atoms with Crippen LogP contribution in [0.4, 0.5) is 0 Å². The zero-order chi connectivity index (χ0) is 20.7. The van der Waals surface area contributed by atoms with E-state index in [1.54, 1.807) is 6.07 Å². The molecule has 0 aromatic carbocycles. The standard InChI is InChI=1S/C20H23N7O2/c1-12-9-17(27(24-12)6-4-8-28)15-11-26(3)20(23-15)18-13-5-7-25(2)16(13)10-14(22-18)19(21)29/h5,7,9-11,28H,4,6,8H2,1-3H3,(H2,21,29). The minimum atomic E-state index is -0.582. The Bertz CT molecular complexity index is 1220. The second-order valence-corrected chi connectivity index (χ2v) is 7.11. The molecule has 0 bridgehead atoms. The highest BCUT2D eigenvalue weighted by Crippen LogP contribution is 2.30. The number of aliphatic hydroxyl groups is 1. The lowest BCUT2D eigenvalue weighted by Gasteiger charge is -2.06. The summed E-state index contributed by atoms with van der Waals surface area (Å²) in [7, 11) is 3.80. The first kappa shape index (κ1) is 18.9. The van der Waals surface area contributed by atoms with Gasteiger partial charge in [-0.3, -0.25) is 9.48 Å². The minimum Gasteiger partial charge on any atom is -0.396 e. The van der Waals surface area contributed by atoms with Crippen LogP contribution in [0.2, 0.25) is 0 Å². The Morgan fingerprint density at radius 2 is 2.00 bits per heavy atom. The van der Waals surface area contributed by atoms with Crippen LogP contribution in [0.25, 0.3) is 33.8 Å². The summed E-state index contributed by atoms with van der Waals surface area (Å²) >= 11 is 0. The van der Waals surface area contributed by atoms with Crippen molar-refractivity contribution in [2.24, 2.45) is 19.8 Å². The third kappa shape index (κ3) is 3.29. The molecule has 9 heteroatoms. The molecule has 0 atom stereocenters. The van der Waals surface area contributed by atoms with Gasteiger partial charge in [0.2, 0.25) is 0 Å². The third-order valence-electron chi connectivity index (χ3n) is 4.91. The van der Waals surface area contributed by atoms with Crippen LogP contribution in [0.5, 0.6) is 0 Å². The van der Waals surface area contributed by atoms with Gasteiger partial charge in [0.15, 0.2) is 5.82 Å². The van der Waals surface area contributed by atoms with E-state index in [9.17, 15) is 4.79 Å². The van der Waals surface area contributed by atoms with Gasteiger partial charge in [-0.1, -0.05) is 0 Å². The molecule has 3 N–H and O–H groups in total. The number of primary amides is 1. The van der Waals surface area contributed by atoms with Gasteiger partial charge in [-0.25, -0.2) is 9.97 Å². The molecule has 4 aromatic heterocycles. The molecule has 4 heterocycles. The van der Waals surface area contributed by atoms with Crippen LogP contribution in [-0.2, 0) is 20.6 Å². The van der Waals surface area contributed by atoms with E-state index in [4.69, 9.17) is 15.8 Å². The maximum atomic E-state index is 11.8. The molecule has 0 saturated heterocycles. The summed E-state index contributed by atoms with van der Waals surface area (Å²) in [5, 5.41) is 14.6. The molecule has 0 radical (unpaired) electrons. The van der Waals surface area contributed by atoms with E-state index in [1.807, 2.05) is 59.4 Å². The van der Waals surface area contributed by atoms with Gasteiger partial charge in [0.25, 0.3) is 5.91 Å². The largest absolute Gasteiger partial charge is 0.396 e. The van der Waals surface area contributed by atoms with Crippen molar-refractivity contribution in [3.63, 3.8) is 0 Å². The van der Waals surface area contributed by atoms with E-state index in [2.05, 4.69) is 10.1 Å². The van der Waals surface area contributed by atoms with Crippen molar-refractivity contribution in [3.8, 4) is 22.9 Å². The van der Waals surface area contributed by atoms with Gasteiger partial charge in [0.05, 0.1) is 16.9 Å². The Labute approximate surface area is 167 Å². The number of aromatic nitrogens is 6. The third-order valence-corrected chi connectivity index (χ3v) is 4.91. The Balaban J connectivity index is 1.87. The molecule has 1 amide bonds. The fraction of sp³-hybridized carbons (Fsp3) is 0.300. The first-order chi connectivity index (χ1) is 13.9. The van der Waals surface area contributed by atoms with Gasteiger partial charge in [-0.05, 0) is 31.5 Å². The summed E-state index contributed by atoms with van der Waals surface area (Å²) in [5.74, 6) is 0.0494. The smallest absolute Gasteiger partial charge is 0.267 e. The van der Waals surface area contributed by atoms with E-state index in [0.29, 0.717) is 24.5 Å². The van der Waals surface area contributed by atoms with Gasteiger partial charge in [0, 0.05) is 45.0 Å². The molecule has 0 aliphatic heterocycles. The number of hydrogen-bond acceptors (Lipinski definition) is 5. The Hall–Kier alpha value is -3.46. The molecular weight excluding hydrogens is 370 g/mol. The molecule has 150 valence electrons. The maximum absolute atomic E-state index is 11.8. The summed E-state index contributed by atoms with van der Waals surface area (Å²) in [5.41, 5.74) is 9.65. The van der Waals surface area contributed by atoms with E-state index in [-0.39, 0.29) is 12.3 Å². The number of aryl methyl sites for hydroxylation is 4. The van der Waals surface area contributed by atoms with Crippen molar-refractivity contribution < 1.29 is 9.90 Å². The first-order valence-electron chi connectivity index (χ1n) is 9.34. The number of imidazole rings is 1. The molecule has 4 rings (SSSR count). The normalized spacial score (nSPS) is 11.4. The molecular formula is C20H23N7O2. The number of amides is 1. The molecule has 0 aliphatic carbocycles. The lowest BCUT2D eigenvalue weighted by molar-refractivity contribution is 0.0996. The van der Waals surface area contributed by atoms with Crippen LogP contribution in [0, 0.1) is 6.92 Å². The predicted octanol–water partition coefficient (Wildman–Crippen LogP) is 1.63. The average molecular weight is 393 g/mol. The summed E-state index contributed by atoms with van der Waals surface area (Å²) in [6.07, 6.45) is 4.44. The minimum absolute atomic E-state index is 0.0988. The number of aliphatic hydroxyl groups excluding tert-OH is 1. The fourth-order valence-electron chi connectivity index (χ4n) is 3.51. The van der Waals surface area contributed by atoms with Gasteiger partial charge in [0.1, 0.15) is 17.1 Å². The number of fused-ring (bicyclic) bond motifs is 1. The fourth-order valence-corrected chi connectivity index (χ4v) is 3.51. The van der Waals surface area contributed by atoms with Crippen LogP contribution >= 0.6 is 0 Å². The van der Waals surface area contributed by atoms with Crippen molar-refractivity contribution in [1.29, 1.82) is 0 Å². The van der Waals surface area contributed by atoms with Gasteiger partial charge < -0.3 is 20.0 Å². The summed E-state index contributed by atoms with van der Waals surface area (Å²) < 4.78 is 5.65. The van der Waals surface area contributed by atoms with E-state index in [0.717, 1.165) is 28.0 Å². The summed E-state index contributed by atoms with van der Waals surface area (Å²) in [6.45, 7) is 2.62. The highest BCUT2D eigenvalue weighted by atomic mass is 16.3. The highest BCUT2D eigenvalue weighted by molar-refractivity contribution is 5.99. The number of nitrogens with zero attached hydrogens (tertiary/aromatic N) is 6. The molecule has 0 aliphatic rings. The lowest BCUT2D eigenvalue weighted by Crippen LogP contribution is -2.14. The second kappa shape index (κ2) is 7.17. The number of hydrogen-bond donors (Lipinski definition) is 2. The number of nitrogens with two attached hydrogens (primary N) is 1. The Morgan fingerprint density at radius 1 is 1.21 bits per heavy atom.